The second kappa shape index (κ2) is 8.62. The summed E-state index contributed by atoms with van der Waals surface area (Å²) in [4.78, 5) is 29.3. The quantitative estimate of drug-likeness (QED) is 0.783. The average Bonchev–Trinajstić information content (AvgIpc) is 3.22. The average molecular weight is 410 g/mol. The number of rotatable bonds is 5. The Kier molecular flexibility index (Phi) is 5.76. The summed E-state index contributed by atoms with van der Waals surface area (Å²) in [5, 5.41) is 5.51. The van der Waals surface area contributed by atoms with E-state index in [0.29, 0.717) is 17.1 Å². The summed E-state index contributed by atoms with van der Waals surface area (Å²) in [6.45, 7) is 6.07. The summed E-state index contributed by atoms with van der Waals surface area (Å²) >= 11 is 0. The Morgan fingerprint density at radius 1 is 1.00 bits per heavy atom. The number of amides is 2. The minimum absolute atomic E-state index is 0.118. The Labute approximate surface area is 175 Å². The predicted molar refractivity (Wildman–Crippen MR) is 114 cm³/mol. The third kappa shape index (κ3) is 4.49. The highest BCUT2D eigenvalue weighted by Crippen LogP contribution is 2.32. The topological polar surface area (TPSA) is 83.1 Å². The normalized spacial score (nSPS) is 15.7. The molecule has 158 valence electrons. The van der Waals surface area contributed by atoms with Crippen molar-refractivity contribution in [3.8, 4) is 11.5 Å². The van der Waals surface area contributed by atoms with E-state index in [-0.39, 0.29) is 25.2 Å². The molecule has 0 spiro atoms. The summed E-state index contributed by atoms with van der Waals surface area (Å²) in [5.41, 5.74) is 3.31. The van der Waals surface area contributed by atoms with Crippen LogP contribution in [-0.4, -0.2) is 63.3 Å². The van der Waals surface area contributed by atoms with Crippen LogP contribution in [0.15, 0.2) is 36.4 Å². The molecule has 2 aromatic carbocycles. The first kappa shape index (κ1) is 20.0. The van der Waals surface area contributed by atoms with Crippen LogP contribution >= 0.6 is 0 Å². The van der Waals surface area contributed by atoms with Gasteiger partial charge < -0.3 is 29.9 Å². The molecular weight excluding hydrogens is 384 g/mol. The number of piperazine rings is 1. The fourth-order valence-corrected chi connectivity index (χ4v) is 3.54. The Hall–Kier alpha value is -3.26. The van der Waals surface area contributed by atoms with Gasteiger partial charge in [-0.2, -0.15) is 0 Å². The molecule has 0 saturated carbocycles. The molecule has 0 radical (unpaired) electrons. The van der Waals surface area contributed by atoms with Crippen molar-refractivity contribution >= 4 is 23.2 Å². The van der Waals surface area contributed by atoms with E-state index in [2.05, 4.69) is 33.5 Å². The van der Waals surface area contributed by atoms with Gasteiger partial charge >= 0.3 is 0 Å². The van der Waals surface area contributed by atoms with E-state index in [4.69, 9.17) is 9.47 Å². The minimum Gasteiger partial charge on any atom is -0.454 e. The first-order chi connectivity index (χ1) is 14.5. The van der Waals surface area contributed by atoms with Crippen LogP contribution in [-0.2, 0) is 4.79 Å². The fourth-order valence-electron chi connectivity index (χ4n) is 3.54. The SMILES string of the molecule is Cc1cc(N2CCN(C)CC2)ccc1NC(=O)CNC(=O)c1ccc2c(c1)OCO2. The fraction of sp³-hybridized carbons (Fsp3) is 0.364. The standard InChI is InChI=1S/C22H26N4O4/c1-15-11-17(26-9-7-25(2)8-10-26)4-5-18(15)24-21(27)13-23-22(28)16-3-6-19-20(12-16)30-14-29-19/h3-6,11-12H,7-10,13-14H2,1-2H3,(H,23,28)(H,24,27). The smallest absolute Gasteiger partial charge is 0.251 e. The molecule has 2 amide bonds. The molecule has 0 bridgehead atoms. The van der Waals surface area contributed by atoms with Crippen molar-refractivity contribution in [2.45, 2.75) is 6.92 Å². The van der Waals surface area contributed by atoms with Crippen LogP contribution in [0.5, 0.6) is 11.5 Å². The van der Waals surface area contributed by atoms with Gasteiger partial charge in [0.15, 0.2) is 11.5 Å². The van der Waals surface area contributed by atoms with Crippen molar-refractivity contribution in [1.29, 1.82) is 0 Å². The van der Waals surface area contributed by atoms with Gasteiger partial charge in [0, 0.05) is 43.1 Å². The first-order valence-electron chi connectivity index (χ1n) is 10.0. The molecular formula is C22H26N4O4. The molecule has 0 aliphatic carbocycles. The number of hydrogen-bond donors (Lipinski definition) is 2. The third-order valence-corrected chi connectivity index (χ3v) is 5.40. The van der Waals surface area contributed by atoms with Gasteiger partial charge in [-0.15, -0.1) is 0 Å². The van der Waals surface area contributed by atoms with Crippen molar-refractivity contribution in [2.75, 3.05) is 56.8 Å². The van der Waals surface area contributed by atoms with Gasteiger partial charge in [0.05, 0.1) is 6.54 Å². The van der Waals surface area contributed by atoms with E-state index < -0.39 is 0 Å². The predicted octanol–water partition coefficient (Wildman–Crippen LogP) is 1.84. The van der Waals surface area contributed by atoms with Gasteiger partial charge in [0.2, 0.25) is 12.7 Å². The van der Waals surface area contributed by atoms with Gasteiger partial charge in [0.1, 0.15) is 0 Å². The number of ether oxygens (including phenoxy) is 2. The molecule has 0 atom stereocenters. The molecule has 2 aliphatic rings. The Bertz CT molecular complexity index is 954. The van der Waals surface area contributed by atoms with Crippen LogP contribution in [0.4, 0.5) is 11.4 Å². The molecule has 8 heteroatoms. The molecule has 2 heterocycles. The van der Waals surface area contributed by atoms with E-state index in [9.17, 15) is 9.59 Å². The molecule has 4 rings (SSSR count). The Morgan fingerprint density at radius 3 is 2.53 bits per heavy atom. The zero-order chi connectivity index (χ0) is 21.1. The number of likely N-dealkylation sites (N-methyl/N-ethyl adjacent to an activating group) is 1. The summed E-state index contributed by atoms with van der Waals surface area (Å²) < 4.78 is 10.5. The van der Waals surface area contributed by atoms with E-state index >= 15 is 0 Å². The van der Waals surface area contributed by atoms with Crippen LogP contribution in [0.1, 0.15) is 15.9 Å². The van der Waals surface area contributed by atoms with Crippen LogP contribution in [0.25, 0.3) is 0 Å². The highest BCUT2D eigenvalue weighted by molar-refractivity contribution is 6.00. The maximum absolute atomic E-state index is 12.3. The van der Waals surface area contributed by atoms with E-state index in [1.807, 2.05) is 19.1 Å². The Balaban J connectivity index is 1.31. The van der Waals surface area contributed by atoms with Crippen LogP contribution in [0.2, 0.25) is 0 Å². The van der Waals surface area contributed by atoms with Gasteiger partial charge in [-0.25, -0.2) is 0 Å². The molecule has 1 fully saturated rings. The lowest BCUT2D eigenvalue weighted by atomic mass is 10.1. The van der Waals surface area contributed by atoms with Gasteiger partial charge in [-0.3, -0.25) is 9.59 Å². The number of nitrogens with one attached hydrogen (secondary N) is 2. The molecule has 0 aromatic heterocycles. The number of fused-ring (bicyclic) bond motifs is 1. The molecule has 8 nitrogen and oxygen atoms in total. The third-order valence-electron chi connectivity index (χ3n) is 5.40. The van der Waals surface area contributed by atoms with E-state index in [1.54, 1.807) is 18.2 Å². The number of aryl methyl sites for hydroxylation is 1. The summed E-state index contributed by atoms with van der Waals surface area (Å²) in [7, 11) is 2.13. The molecule has 2 aliphatic heterocycles. The number of nitrogens with zero attached hydrogens (tertiary/aromatic N) is 2. The van der Waals surface area contributed by atoms with Crippen LogP contribution < -0.4 is 25.0 Å². The van der Waals surface area contributed by atoms with Crippen LogP contribution in [0.3, 0.4) is 0 Å². The van der Waals surface area contributed by atoms with E-state index in [1.165, 1.54) is 0 Å². The number of anilines is 2. The number of carbonyl (C=O) groups excluding carboxylic acids is 2. The van der Waals surface area contributed by atoms with Crippen LogP contribution in [0, 0.1) is 6.92 Å². The van der Waals surface area contributed by atoms with Crippen molar-refractivity contribution < 1.29 is 19.1 Å². The largest absolute Gasteiger partial charge is 0.454 e. The molecule has 1 saturated heterocycles. The minimum atomic E-state index is -0.342. The summed E-state index contributed by atoms with van der Waals surface area (Å²) in [6, 6.07) is 11.0. The molecule has 2 aromatic rings. The van der Waals surface area contributed by atoms with Crippen molar-refractivity contribution in [3.05, 3.63) is 47.5 Å². The number of carbonyl (C=O) groups is 2. The van der Waals surface area contributed by atoms with Gasteiger partial charge in [-0.1, -0.05) is 0 Å². The molecule has 0 unspecified atom stereocenters. The maximum atomic E-state index is 12.3. The molecule has 2 N–H and O–H groups in total. The lowest BCUT2D eigenvalue weighted by molar-refractivity contribution is -0.115. The maximum Gasteiger partial charge on any atom is 0.251 e. The second-order valence-corrected chi connectivity index (χ2v) is 7.59. The highest BCUT2D eigenvalue weighted by Gasteiger charge is 2.17. The lowest BCUT2D eigenvalue weighted by Gasteiger charge is -2.34. The van der Waals surface area contributed by atoms with Gasteiger partial charge in [-0.05, 0) is 55.9 Å². The molecule has 30 heavy (non-hydrogen) atoms. The van der Waals surface area contributed by atoms with Crippen molar-refractivity contribution in [2.24, 2.45) is 0 Å². The highest BCUT2D eigenvalue weighted by atomic mass is 16.7. The summed E-state index contributed by atoms with van der Waals surface area (Å²) in [6.07, 6.45) is 0. The van der Waals surface area contributed by atoms with E-state index in [0.717, 1.165) is 43.1 Å². The number of hydrogen-bond acceptors (Lipinski definition) is 6. The van der Waals surface area contributed by atoms with Crippen molar-refractivity contribution in [3.63, 3.8) is 0 Å². The second-order valence-electron chi connectivity index (χ2n) is 7.59. The van der Waals surface area contributed by atoms with Gasteiger partial charge in [0.25, 0.3) is 5.91 Å². The summed E-state index contributed by atoms with van der Waals surface area (Å²) in [5.74, 6) is 0.521. The Morgan fingerprint density at radius 2 is 1.77 bits per heavy atom. The lowest BCUT2D eigenvalue weighted by Crippen LogP contribution is -2.44. The van der Waals surface area contributed by atoms with Crippen molar-refractivity contribution in [1.82, 2.24) is 10.2 Å². The first-order valence-corrected chi connectivity index (χ1v) is 10.0. The zero-order valence-electron chi connectivity index (χ0n) is 17.2. The monoisotopic (exact) mass is 410 g/mol. The number of benzene rings is 2. The zero-order valence-corrected chi connectivity index (χ0v) is 17.2.